The van der Waals surface area contributed by atoms with Crippen LogP contribution in [0.3, 0.4) is 0 Å². The van der Waals surface area contributed by atoms with Crippen molar-refractivity contribution in [3.63, 3.8) is 0 Å². The average Bonchev–Trinajstić information content (AvgIpc) is 3.16. The van der Waals surface area contributed by atoms with E-state index in [0.717, 1.165) is 25.7 Å². The maximum Gasteiger partial charge on any atom is 0.358 e. The summed E-state index contributed by atoms with van der Waals surface area (Å²) in [5.74, 6) is 0.534. The first kappa shape index (κ1) is 13.1. The molecule has 0 unspecified atom stereocenters. The van der Waals surface area contributed by atoms with Gasteiger partial charge in [-0.15, -0.1) is 0 Å². The minimum absolute atomic E-state index is 0.0842. The second kappa shape index (κ2) is 5.52. The van der Waals surface area contributed by atoms with Crippen LogP contribution in [0.15, 0.2) is 0 Å². The molecule has 18 heavy (non-hydrogen) atoms. The van der Waals surface area contributed by atoms with Gasteiger partial charge in [0.1, 0.15) is 16.7 Å². The van der Waals surface area contributed by atoms with Crippen LogP contribution in [0.1, 0.15) is 54.8 Å². The van der Waals surface area contributed by atoms with Gasteiger partial charge in [-0.3, -0.25) is 0 Å². The van der Waals surface area contributed by atoms with Crippen LogP contribution in [-0.4, -0.2) is 22.5 Å². The molecule has 0 aliphatic heterocycles. The molecule has 5 nitrogen and oxygen atoms in total. The van der Waals surface area contributed by atoms with Crippen LogP contribution in [0.25, 0.3) is 0 Å². The van der Waals surface area contributed by atoms with Crippen molar-refractivity contribution in [2.75, 3.05) is 12.3 Å². The van der Waals surface area contributed by atoms with Crippen molar-refractivity contribution in [1.29, 1.82) is 0 Å². The molecule has 0 spiro atoms. The number of carbonyl (C=O) groups is 1. The number of nitrogens with two attached hydrogens (primary N) is 1. The van der Waals surface area contributed by atoms with Crippen LogP contribution < -0.4 is 5.73 Å². The monoisotopic (exact) mass is 269 g/mol. The predicted octanol–water partition coefficient (Wildman–Crippen LogP) is 2.55. The van der Waals surface area contributed by atoms with Gasteiger partial charge in [-0.2, -0.15) is 0 Å². The zero-order valence-corrected chi connectivity index (χ0v) is 11.0. The standard InChI is InChI=1S/C12H16ClN3O2/c1-2-3-6-18-12(17)9-8(13)10(14)16-11(15-9)7-4-5-7/h7H,2-6H2,1H3,(H2,14,15,16). The van der Waals surface area contributed by atoms with Gasteiger partial charge < -0.3 is 10.5 Å². The molecule has 0 amide bonds. The third kappa shape index (κ3) is 2.90. The van der Waals surface area contributed by atoms with Crippen LogP contribution in [0, 0.1) is 0 Å². The smallest absolute Gasteiger partial charge is 0.358 e. The van der Waals surface area contributed by atoms with Crippen LogP contribution >= 0.6 is 11.6 Å². The molecule has 1 aromatic heterocycles. The molecule has 98 valence electrons. The maximum absolute atomic E-state index is 11.8. The van der Waals surface area contributed by atoms with Crippen molar-refractivity contribution in [3.8, 4) is 0 Å². The summed E-state index contributed by atoms with van der Waals surface area (Å²) in [7, 11) is 0. The van der Waals surface area contributed by atoms with Gasteiger partial charge in [0.05, 0.1) is 6.61 Å². The number of anilines is 1. The Kier molecular flexibility index (Phi) is 4.01. The highest BCUT2D eigenvalue weighted by molar-refractivity contribution is 6.35. The highest BCUT2D eigenvalue weighted by Crippen LogP contribution is 2.39. The number of carbonyl (C=O) groups excluding carboxylic acids is 1. The largest absolute Gasteiger partial charge is 0.461 e. The number of unbranched alkanes of at least 4 members (excludes halogenated alkanes) is 1. The lowest BCUT2D eigenvalue weighted by Crippen LogP contribution is -2.13. The van der Waals surface area contributed by atoms with Crippen LogP contribution in [0.5, 0.6) is 0 Å². The second-order valence-electron chi connectivity index (χ2n) is 4.39. The minimum atomic E-state index is -0.524. The minimum Gasteiger partial charge on any atom is -0.461 e. The number of ether oxygens (including phenoxy) is 1. The van der Waals surface area contributed by atoms with Gasteiger partial charge in [-0.1, -0.05) is 24.9 Å². The Labute approximate surface area is 111 Å². The molecular weight excluding hydrogens is 254 g/mol. The summed E-state index contributed by atoms with van der Waals surface area (Å²) < 4.78 is 5.09. The van der Waals surface area contributed by atoms with Gasteiger partial charge in [0.2, 0.25) is 0 Å². The van der Waals surface area contributed by atoms with Crippen LogP contribution in [0.4, 0.5) is 5.82 Å². The van der Waals surface area contributed by atoms with Crippen molar-refractivity contribution in [2.24, 2.45) is 0 Å². The van der Waals surface area contributed by atoms with Crippen molar-refractivity contribution in [1.82, 2.24) is 9.97 Å². The topological polar surface area (TPSA) is 78.1 Å². The molecule has 1 saturated carbocycles. The molecule has 1 fully saturated rings. The molecule has 0 atom stereocenters. The lowest BCUT2D eigenvalue weighted by atomic mass is 10.3. The SMILES string of the molecule is CCCCOC(=O)c1nc(C2CC2)nc(N)c1Cl. The Hall–Kier alpha value is -1.36. The van der Waals surface area contributed by atoms with Gasteiger partial charge in [0, 0.05) is 5.92 Å². The summed E-state index contributed by atoms with van der Waals surface area (Å²) in [5.41, 5.74) is 5.77. The highest BCUT2D eigenvalue weighted by atomic mass is 35.5. The van der Waals surface area contributed by atoms with E-state index < -0.39 is 5.97 Å². The molecular formula is C12H16ClN3O2. The molecule has 2 rings (SSSR count). The number of hydrogen-bond acceptors (Lipinski definition) is 5. The van der Waals surface area contributed by atoms with Crippen LogP contribution in [-0.2, 0) is 4.74 Å². The van der Waals surface area contributed by atoms with Crippen molar-refractivity contribution in [3.05, 3.63) is 16.5 Å². The second-order valence-corrected chi connectivity index (χ2v) is 4.77. The van der Waals surface area contributed by atoms with Gasteiger partial charge in [0.15, 0.2) is 5.69 Å². The number of aromatic nitrogens is 2. The van der Waals surface area contributed by atoms with E-state index >= 15 is 0 Å². The first-order valence-corrected chi connectivity index (χ1v) is 6.51. The fourth-order valence-corrected chi connectivity index (χ4v) is 1.68. The van der Waals surface area contributed by atoms with E-state index in [-0.39, 0.29) is 16.5 Å². The molecule has 6 heteroatoms. The summed E-state index contributed by atoms with van der Waals surface area (Å²) in [6, 6.07) is 0. The summed E-state index contributed by atoms with van der Waals surface area (Å²) >= 11 is 5.95. The van der Waals surface area contributed by atoms with Crippen molar-refractivity contribution < 1.29 is 9.53 Å². The Morgan fingerprint density at radius 1 is 1.50 bits per heavy atom. The highest BCUT2D eigenvalue weighted by Gasteiger charge is 2.29. The van der Waals surface area contributed by atoms with Crippen LogP contribution in [0.2, 0.25) is 5.02 Å². The summed E-state index contributed by atoms with van der Waals surface area (Å²) in [6.07, 6.45) is 3.84. The molecule has 2 N–H and O–H groups in total. The zero-order chi connectivity index (χ0) is 13.1. The molecule has 1 aliphatic rings. The number of nitrogens with zero attached hydrogens (tertiary/aromatic N) is 2. The Balaban J connectivity index is 2.17. The first-order chi connectivity index (χ1) is 8.63. The molecule has 1 aromatic rings. The molecule has 0 saturated heterocycles. The number of esters is 1. The third-order valence-corrected chi connectivity index (χ3v) is 3.13. The summed E-state index contributed by atoms with van der Waals surface area (Å²) in [5, 5.41) is 0.0842. The van der Waals surface area contributed by atoms with Gasteiger partial charge >= 0.3 is 5.97 Å². The van der Waals surface area contributed by atoms with E-state index in [0.29, 0.717) is 18.3 Å². The fourth-order valence-electron chi connectivity index (χ4n) is 1.52. The Morgan fingerprint density at radius 2 is 2.22 bits per heavy atom. The first-order valence-electron chi connectivity index (χ1n) is 6.13. The molecule has 0 aromatic carbocycles. The molecule has 0 radical (unpaired) electrons. The number of halogens is 1. The molecule has 1 aliphatic carbocycles. The third-order valence-electron chi connectivity index (χ3n) is 2.76. The van der Waals surface area contributed by atoms with E-state index in [1.54, 1.807) is 0 Å². The quantitative estimate of drug-likeness (QED) is 0.656. The average molecular weight is 270 g/mol. The lowest BCUT2D eigenvalue weighted by molar-refractivity contribution is 0.0492. The molecule has 1 heterocycles. The zero-order valence-electron chi connectivity index (χ0n) is 10.3. The van der Waals surface area contributed by atoms with Crippen molar-refractivity contribution >= 4 is 23.4 Å². The van der Waals surface area contributed by atoms with E-state index in [1.807, 2.05) is 6.92 Å². The summed E-state index contributed by atoms with van der Waals surface area (Å²) in [4.78, 5) is 20.1. The number of nitrogen functional groups attached to an aromatic ring is 1. The van der Waals surface area contributed by atoms with E-state index in [4.69, 9.17) is 22.1 Å². The van der Waals surface area contributed by atoms with Gasteiger partial charge in [-0.25, -0.2) is 14.8 Å². The fraction of sp³-hybridized carbons (Fsp3) is 0.583. The maximum atomic E-state index is 11.8. The lowest BCUT2D eigenvalue weighted by Gasteiger charge is -2.08. The van der Waals surface area contributed by atoms with Gasteiger partial charge in [0.25, 0.3) is 0 Å². The summed E-state index contributed by atoms with van der Waals surface area (Å²) in [6.45, 7) is 2.39. The Bertz CT molecular complexity index is 461. The van der Waals surface area contributed by atoms with E-state index in [1.165, 1.54) is 0 Å². The normalized spacial score (nSPS) is 14.6. The van der Waals surface area contributed by atoms with E-state index in [9.17, 15) is 4.79 Å². The van der Waals surface area contributed by atoms with Gasteiger partial charge in [-0.05, 0) is 19.3 Å². The number of hydrogen-bond donors (Lipinski definition) is 1. The predicted molar refractivity (Wildman–Crippen MR) is 68.6 cm³/mol. The van der Waals surface area contributed by atoms with Crippen molar-refractivity contribution in [2.45, 2.75) is 38.5 Å². The Morgan fingerprint density at radius 3 is 2.83 bits per heavy atom. The van der Waals surface area contributed by atoms with E-state index in [2.05, 4.69) is 9.97 Å². The molecule has 0 bridgehead atoms. The number of rotatable bonds is 5.